The first-order valence-corrected chi connectivity index (χ1v) is 6.70. The van der Waals surface area contributed by atoms with Crippen molar-refractivity contribution in [1.29, 1.82) is 0 Å². The van der Waals surface area contributed by atoms with Gasteiger partial charge in [-0.2, -0.15) is 0 Å². The molecule has 17 heavy (non-hydrogen) atoms. The fourth-order valence-corrected chi connectivity index (χ4v) is 3.05. The lowest BCUT2D eigenvalue weighted by Crippen LogP contribution is -2.43. The lowest BCUT2D eigenvalue weighted by Gasteiger charge is -2.28. The van der Waals surface area contributed by atoms with Crippen LogP contribution in [0.15, 0.2) is 0 Å². The predicted octanol–water partition coefficient (Wildman–Crippen LogP) is 1.36. The van der Waals surface area contributed by atoms with E-state index in [9.17, 15) is 4.79 Å². The van der Waals surface area contributed by atoms with Gasteiger partial charge in [-0.15, -0.1) is 0 Å². The van der Waals surface area contributed by atoms with Crippen molar-refractivity contribution in [3.63, 3.8) is 0 Å². The van der Waals surface area contributed by atoms with Gasteiger partial charge in [-0.1, -0.05) is 13.8 Å². The Hall–Kier alpha value is -0.610. The quantitative estimate of drug-likeness (QED) is 0.806. The summed E-state index contributed by atoms with van der Waals surface area (Å²) in [5, 5.41) is 3.33. The number of amides is 1. The Labute approximate surface area is 104 Å². The first-order chi connectivity index (χ1) is 8.13. The molecule has 3 unspecified atom stereocenters. The molecule has 1 aliphatic heterocycles. The van der Waals surface area contributed by atoms with Crippen molar-refractivity contribution in [2.45, 2.75) is 57.7 Å². The minimum Gasteiger partial charge on any atom is -0.379 e. The van der Waals surface area contributed by atoms with Crippen molar-refractivity contribution in [1.82, 2.24) is 10.2 Å². The third-order valence-corrected chi connectivity index (χ3v) is 3.92. The molecule has 1 saturated carbocycles. The Kier molecular flexibility index (Phi) is 4.05. The molecule has 0 aromatic rings. The molecule has 3 atom stereocenters. The minimum absolute atomic E-state index is 0.0214. The van der Waals surface area contributed by atoms with Gasteiger partial charge < -0.3 is 9.64 Å². The van der Waals surface area contributed by atoms with E-state index in [0.29, 0.717) is 12.6 Å². The molecule has 98 valence electrons. The summed E-state index contributed by atoms with van der Waals surface area (Å²) in [5.41, 5.74) is 0. The molecule has 0 bridgehead atoms. The molecule has 1 saturated heterocycles. The first-order valence-electron chi connectivity index (χ1n) is 6.70. The molecule has 4 nitrogen and oxygen atoms in total. The van der Waals surface area contributed by atoms with Crippen LogP contribution < -0.4 is 5.32 Å². The number of carbonyl (C=O) groups excluding carboxylic acids is 1. The van der Waals surface area contributed by atoms with Crippen LogP contribution in [0.4, 0.5) is 0 Å². The Bertz CT molecular complexity index is 281. The van der Waals surface area contributed by atoms with Gasteiger partial charge in [0.2, 0.25) is 5.91 Å². The summed E-state index contributed by atoms with van der Waals surface area (Å²) in [7, 11) is 1.75. The Morgan fingerprint density at radius 3 is 2.88 bits per heavy atom. The lowest BCUT2D eigenvalue weighted by atomic mass is 10.0. The second kappa shape index (κ2) is 5.36. The van der Waals surface area contributed by atoms with Crippen molar-refractivity contribution >= 4 is 5.91 Å². The summed E-state index contributed by atoms with van der Waals surface area (Å²) in [5.74, 6) is 0.825. The highest BCUT2D eigenvalue weighted by molar-refractivity contribution is 5.84. The first kappa shape index (κ1) is 12.8. The molecule has 1 aliphatic carbocycles. The van der Waals surface area contributed by atoms with Gasteiger partial charge in [-0.05, 0) is 31.6 Å². The summed E-state index contributed by atoms with van der Waals surface area (Å²) in [6, 6.07) is 0.310. The summed E-state index contributed by atoms with van der Waals surface area (Å²) in [6.07, 6.45) is 4.50. The summed E-state index contributed by atoms with van der Waals surface area (Å²) in [4.78, 5) is 14.3. The number of rotatable bonds is 4. The number of nitrogens with one attached hydrogen (secondary N) is 1. The largest absolute Gasteiger partial charge is 0.379 e. The number of ether oxygens (including phenoxy) is 1. The average molecular weight is 240 g/mol. The van der Waals surface area contributed by atoms with Crippen LogP contribution in [-0.2, 0) is 9.53 Å². The molecule has 2 aliphatic rings. The summed E-state index contributed by atoms with van der Waals surface area (Å²) < 4.78 is 5.48. The van der Waals surface area contributed by atoms with Gasteiger partial charge >= 0.3 is 0 Å². The van der Waals surface area contributed by atoms with Crippen molar-refractivity contribution in [2.24, 2.45) is 5.92 Å². The highest BCUT2D eigenvalue weighted by atomic mass is 16.5. The van der Waals surface area contributed by atoms with Crippen molar-refractivity contribution < 1.29 is 9.53 Å². The Balaban J connectivity index is 1.97. The smallest absolute Gasteiger partial charge is 0.241 e. The van der Waals surface area contributed by atoms with E-state index in [1.807, 2.05) is 4.90 Å². The molecule has 4 heteroatoms. The molecule has 2 fully saturated rings. The van der Waals surface area contributed by atoms with E-state index >= 15 is 0 Å². The van der Waals surface area contributed by atoms with E-state index in [0.717, 1.165) is 19.3 Å². The highest BCUT2D eigenvalue weighted by Crippen LogP contribution is 2.28. The van der Waals surface area contributed by atoms with Crippen LogP contribution in [0.25, 0.3) is 0 Å². The van der Waals surface area contributed by atoms with Crippen LogP contribution in [0.5, 0.6) is 0 Å². The van der Waals surface area contributed by atoms with Crippen molar-refractivity contribution in [3.8, 4) is 0 Å². The maximum Gasteiger partial charge on any atom is 0.241 e. The average Bonchev–Trinajstić information content (AvgIpc) is 2.86. The molecule has 0 aromatic heterocycles. The number of carbonyl (C=O) groups is 1. The zero-order valence-electron chi connectivity index (χ0n) is 11.1. The van der Waals surface area contributed by atoms with Crippen LogP contribution in [-0.4, -0.2) is 42.8 Å². The molecule has 0 radical (unpaired) electrons. The van der Waals surface area contributed by atoms with Crippen LogP contribution in [0.1, 0.15) is 39.5 Å². The second-order valence-electron chi connectivity index (χ2n) is 5.62. The van der Waals surface area contributed by atoms with Crippen LogP contribution in [0.3, 0.4) is 0 Å². The van der Waals surface area contributed by atoms with Crippen molar-refractivity contribution in [2.75, 3.05) is 13.8 Å². The van der Waals surface area contributed by atoms with Gasteiger partial charge in [0, 0.05) is 7.11 Å². The van der Waals surface area contributed by atoms with E-state index in [2.05, 4.69) is 19.2 Å². The van der Waals surface area contributed by atoms with Gasteiger partial charge in [0.1, 0.15) is 0 Å². The lowest BCUT2D eigenvalue weighted by molar-refractivity contribution is -0.133. The van der Waals surface area contributed by atoms with Crippen molar-refractivity contribution in [3.05, 3.63) is 0 Å². The Morgan fingerprint density at radius 1 is 1.47 bits per heavy atom. The monoisotopic (exact) mass is 240 g/mol. The van der Waals surface area contributed by atoms with E-state index in [1.54, 1.807) is 7.11 Å². The van der Waals surface area contributed by atoms with Gasteiger partial charge in [0.25, 0.3) is 0 Å². The SMILES string of the molecule is COC1CCCC1N1CNC(CC(C)C)C1=O. The van der Waals surface area contributed by atoms with E-state index in [4.69, 9.17) is 4.74 Å². The van der Waals surface area contributed by atoms with E-state index < -0.39 is 0 Å². The van der Waals surface area contributed by atoms with Crippen LogP contribution >= 0.6 is 0 Å². The molecular weight excluding hydrogens is 216 g/mol. The third-order valence-electron chi connectivity index (χ3n) is 3.92. The zero-order chi connectivity index (χ0) is 12.4. The third kappa shape index (κ3) is 2.63. The van der Waals surface area contributed by atoms with Gasteiger partial charge in [0.05, 0.1) is 24.9 Å². The summed E-state index contributed by atoms with van der Waals surface area (Å²) in [6.45, 7) is 5.01. The maximum atomic E-state index is 12.3. The molecule has 1 amide bonds. The topological polar surface area (TPSA) is 41.6 Å². The fourth-order valence-electron chi connectivity index (χ4n) is 3.05. The molecule has 1 N–H and O–H groups in total. The normalized spacial score (nSPS) is 34.0. The van der Waals surface area contributed by atoms with Gasteiger partial charge in [-0.25, -0.2) is 0 Å². The number of hydrogen-bond donors (Lipinski definition) is 1. The fraction of sp³-hybridized carbons (Fsp3) is 0.923. The Morgan fingerprint density at radius 2 is 2.24 bits per heavy atom. The van der Waals surface area contributed by atoms with E-state index in [-0.39, 0.29) is 24.1 Å². The summed E-state index contributed by atoms with van der Waals surface area (Å²) >= 11 is 0. The van der Waals surface area contributed by atoms with Gasteiger partial charge in [0.15, 0.2) is 0 Å². The molecule has 0 aromatic carbocycles. The number of methoxy groups -OCH3 is 1. The maximum absolute atomic E-state index is 12.3. The highest BCUT2D eigenvalue weighted by Gasteiger charge is 2.40. The van der Waals surface area contributed by atoms with E-state index in [1.165, 1.54) is 6.42 Å². The second-order valence-corrected chi connectivity index (χ2v) is 5.62. The van der Waals surface area contributed by atoms with Gasteiger partial charge in [-0.3, -0.25) is 10.1 Å². The number of nitrogens with zero attached hydrogens (tertiary/aromatic N) is 1. The van der Waals surface area contributed by atoms with Crippen LogP contribution in [0, 0.1) is 5.92 Å². The molecule has 1 heterocycles. The zero-order valence-corrected chi connectivity index (χ0v) is 11.1. The molecule has 2 rings (SSSR count). The molecular formula is C13H24N2O2. The van der Waals surface area contributed by atoms with Crippen LogP contribution in [0.2, 0.25) is 0 Å². The standard InChI is InChI=1S/C13H24N2O2/c1-9(2)7-10-13(16)15(8-14-10)11-5-4-6-12(11)17-3/h9-12,14H,4-8H2,1-3H3. The minimum atomic E-state index is 0.0214. The predicted molar refractivity (Wildman–Crippen MR) is 66.5 cm³/mol. The molecule has 0 spiro atoms. The number of hydrogen-bond acceptors (Lipinski definition) is 3.